The van der Waals surface area contributed by atoms with Crippen molar-refractivity contribution in [1.29, 1.82) is 0 Å². The quantitative estimate of drug-likeness (QED) is 0.632. The number of urea groups is 1. The first-order chi connectivity index (χ1) is 9.79. The molecule has 7 nitrogen and oxygen atoms in total. The minimum absolute atomic E-state index is 0.0330. The Morgan fingerprint density at radius 3 is 2.52 bits per heavy atom. The zero-order valence-corrected chi connectivity index (χ0v) is 13.3. The third kappa shape index (κ3) is 6.31. The molecule has 0 radical (unpaired) electrons. The molecule has 0 aromatic carbocycles. The Kier molecular flexibility index (Phi) is 6.91. The fraction of sp³-hybridized carbons (Fsp3) is 0.857. The molecule has 0 bridgehead atoms. The lowest BCUT2D eigenvalue weighted by molar-refractivity contribution is -0.142. The lowest BCUT2D eigenvalue weighted by Crippen LogP contribution is -2.52. The summed E-state index contributed by atoms with van der Waals surface area (Å²) in [7, 11) is 3.91. The maximum Gasteiger partial charge on any atom is 0.315 e. The van der Waals surface area contributed by atoms with Crippen LogP contribution in [-0.4, -0.2) is 67.9 Å². The molecular formula is C14H27N3O4. The van der Waals surface area contributed by atoms with Gasteiger partial charge in [-0.15, -0.1) is 0 Å². The number of hydrogen-bond acceptors (Lipinski definition) is 4. The van der Waals surface area contributed by atoms with E-state index in [0.717, 1.165) is 13.0 Å². The molecular weight excluding hydrogens is 274 g/mol. The van der Waals surface area contributed by atoms with Crippen molar-refractivity contribution in [3.63, 3.8) is 0 Å². The van der Waals surface area contributed by atoms with E-state index < -0.39 is 17.9 Å². The molecule has 2 amide bonds. The SMILES string of the molecule is CC(C)CC(CN(C)C)NC(=O)NC1COCC1C(=O)O. The molecule has 1 fully saturated rings. The van der Waals surface area contributed by atoms with E-state index in [1.54, 1.807) is 0 Å². The summed E-state index contributed by atoms with van der Waals surface area (Å²) in [4.78, 5) is 25.1. The highest BCUT2D eigenvalue weighted by Gasteiger charge is 2.35. The molecule has 21 heavy (non-hydrogen) atoms. The van der Waals surface area contributed by atoms with E-state index >= 15 is 0 Å². The molecule has 1 saturated heterocycles. The number of rotatable bonds is 7. The predicted molar refractivity (Wildman–Crippen MR) is 79.2 cm³/mol. The normalized spacial score (nSPS) is 23.3. The second-order valence-electron chi connectivity index (χ2n) is 6.30. The summed E-state index contributed by atoms with van der Waals surface area (Å²) in [5.41, 5.74) is 0. The maximum absolute atomic E-state index is 12.1. The average Bonchev–Trinajstić information content (AvgIpc) is 2.74. The van der Waals surface area contributed by atoms with Gasteiger partial charge in [0.2, 0.25) is 0 Å². The van der Waals surface area contributed by atoms with Crippen LogP contribution in [0.1, 0.15) is 20.3 Å². The number of nitrogens with zero attached hydrogens (tertiary/aromatic N) is 1. The monoisotopic (exact) mass is 301 g/mol. The first-order valence-electron chi connectivity index (χ1n) is 7.32. The Bertz CT molecular complexity index is 350. The number of amides is 2. The van der Waals surface area contributed by atoms with Crippen molar-refractivity contribution in [2.45, 2.75) is 32.4 Å². The summed E-state index contributed by atoms with van der Waals surface area (Å²) < 4.78 is 5.13. The standard InChI is InChI=1S/C14H27N3O4/c1-9(2)5-10(6-17(3)4)15-14(20)16-12-8-21-7-11(12)13(18)19/h9-12H,5-8H2,1-4H3,(H,18,19)(H2,15,16,20). The summed E-state index contributed by atoms with van der Waals surface area (Å²) >= 11 is 0. The van der Waals surface area contributed by atoms with Gasteiger partial charge in [-0.1, -0.05) is 13.8 Å². The first kappa shape index (κ1) is 17.7. The van der Waals surface area contributed by atoms with E-state index in [4.69, 9.17) is 9.84 Å². The van der Waals surface area contributed by atoms with E-state index in [0.29, 0.717) is 5.92 Å². The van der Waals surface area contributed by atoms with E-state index in [-0.39, 0.29) is 25.3 Å². The molecule has 1 aliphatic rings. The van der Waals surface area contributed by atoms with Crippen LogP contribution < -0.4 is 10.6 Å². The van der Waals surface area contributed by atoms with Crippen LogP contribution >= 0.6 is 0 Å². The maximum atomic E-state index is 12.1. The minimum Gasteiger partial charge on any atom is -0.481 e. The number of carboxylic acid groups (broad SMARTS) is 1. The van der Waals surface area contributed by atoms with Gasteiger partial charge in [-0.3, -0.25) is 4.79 Å². The number of carbonyl (C=O) groups is 2. The highest BCUT2D eigenvalue weighted by Crippen LogP contribution is 2.14. The topological polar surface area (TPSA) is 90.9 Å². The van der Waals surface area contributed by atoms with Crippen molar-refractivity contribution < 1.29 is 19.4 Å². The molecule has 1 rings (SSSR count). The Morgan fingerprint density at radius 1 is 1.33 bits per heavy atom. The van der Waals surface area contributed by atoms with Gasteiger partial charge in [0.1, 0.15) is 5.92 Å². The van der Waals surface area contributed by atoms with Crippen molar-refractivity contribution >= 4 is 12.0 Å². The second kappa shape index (κ2) is 8.19. The molecule has 3 N–H and O–H groups in total. The molecule has 1 heterocycles. The fourth-order valence-corrected chi connectivity index (χ4v) is 2.52. The molecule has 122 valence electrons. The van der Waals surface area contributed by atoms with Crippen molar-refractivity contribution in [1.82, 2.24) is 15.5 Å². The van der Waals surface area contributed by atoms with Crippen molar-refractivity contribution in [2.24, 2.45) is 11.8 Å². The summed E-state index contributed by atoms with van der Waals surface area (Å²) in [6, 6.07) is -0.767. The van der Waals surface area contributed by atoms with Crippen LogP contribution in [0.15, 0.2) is 0 Å². The third-order valence-electron chi connectivity index (χ3n) is 3.39. The molecule has 0 saturated carbocycles. The number of nitrogens with one attached hydrogen (secondary N) is 2. The second-order valence-corrected chi connectivity index (χ2v) is 6.30. The molecule has 0 aliphatic carbocycles. The molecule has 0 spiro atoms. The van der Waals surface area contributed by atoms with Gasteiger partial charge in [0.15, 0.2) is 0 Å². The Morgan fingerprint density at radius 2 is 2.00 bits per heavy atom. The Hall–Kier alpha value is -1.34. The smallest absolute Gasteiger partial charge is 0.315 e. The van der Waals surface area contributed by atoms with Gasteiger partial charge >= 0.3 is 12.0 Å². The van der Waals surface area contributed by atoms with Gasteiger partial charge in [-0.25, -0.2) is 4.79 Å². The summed E-state index contributed by atoms with van der Waals surface area (Å²) in [6.45, 7) is 5.34. The van der Waals surface area contributed by atoms with Crippen molar-refractivity contribution in [2.75, 3.05) is 33.9 Å². The van der Waals surface area contributed by atoms with Gasteiger partial charge in [0.25, 0.3) is 0 Å². The van der Waals surface area contributed by atoms with Crippen LogP contribution in [0.25, 0.3) is 0 Å². The first-order valence-corrected chi connectivity index (χ1v) is 7.32. The summed E-state index contributed by atoms with van der Waals surface area (Å²) in [6.07, 6.45) is 0.870. The largest absolute Gasteiger partial charge is 0.481 e. The van der Waals surface area contributed by atoms with E-state index in [9.17, 15) is 9.59 Å². The molecule has 1 aliphatic heterocycles. The number of carboxylic acids is 1. The number of carbonyl (C=O) groups excluding carboxylic acids is 1. The average molecular weight is 301 g/mol. The predicted octanol–water partition coefficient (Wildman–Crippen LogP) is 0.362. The molecule has 0 aromatic rings. The van der Waals surface area contributed by atoms with Gasteiger partial charge < -0.3 is 25.4 Å². The lowest BCUT2D eigenvalue weighted by atomic mass is 10.0. The number of ether oxygens (including phenoxy) is 1. The highest BCUT2D eigenvalue weighted by atomic mass is 16.5. The highest BCUT2D eigenvalue weighted by molar-refractivity contribution is 5.77. The minimum atomic E-state index is -0.940. The zero-order chi connectivity index (χ0) is 16.0. The van der Waals surface area contributed by atoms with Crippen LogP contribution in [-0.2, 0) is 9.53 Å². The van der Waals surface area contributed by atoms with Gasteiger partial charge in [0.05, 0.1) is 19.3 Å². The summed E-state index contributed by atoms with van der Waals surface area (Å²) in [5.74, 6) is -1.14. The van der Waals surface area contributed by atoms with E-state index in [1.807, 2.05) is 19.0 Å². The lowest BCUT2D eigenvalue weighted by Gasteiger charge is -2.25. The van der Waals surface area contributed by atoms with Crippen molar-refractivity contribution in [3.05, 3.63) is 0 Å². The van der Waals surface area contributed by atoms with Crippen LogP contribution in [0.4, 0.5) is 4.79 Å². The van der Waals surface area contributed by atoms with Crippen LogP contribution in [0.3, 0.4) is 0 Å². The van der Waals surface area contributed by atoms with Crippen LogP contribution in [0, 0.1) is 11.8 Å². The Balaban J connectivity index is 2.51. The van der Waals surface area contributed by atoms with Crippen molar-refractivity contribution in [3.8, 4) is 0 Å². The van der Waals surface area contributed by atoms with Gasteiger partial charge in [0, 0.05) is 12.6 Å². The zero-order valence-electron chi connectivity index (χ0n) is 13.3. The number of aliphatic carboxylic acids is 1. The molecule has 7 heteroatoms. The van der Waals surface area contributed by atoms with Gasteiger partial charge in [-0.05, 0) is 26.4 Å². The summed E-state index contributed by atoms with van der Waals surface area (Å²) in [5, 5.41) is 14.7. The number of hydrogen-bond donors (Lipinski definition) is 3. The number of likely N-dealkylation sites (N-methyl/N-ethyl adjacent to an activating group) is 1. The molecule has 3 unspecified atom stereocenters. The van der Waals surface area contributed by atoms with E-state index in [1.165, 1.54) is 0 Å². The van der Waals surface area contributed by atoms with Gasteiger partial charge in [-0.2, -0.15) is 0 Å². The molecule has 3 atom stereocenters. The molecule has 0 aromatic heterocycles. The van der Waals surface area contributed by atoms with Crippen LogP contribution in [0.5, 0.6) is 0 Å². The third-order valence-corrected chi connectivity index (χ3v) is 3.39. The fourth-order valence-electron chi connectivity index (χ4n) is 2.52. The van der Waals surface area contributed by atoms with E-state index in [2.05, 4.69) is 24.5 Å². The Labute approximate surface area is 126 Å². The van der Waals surface area contributed by atoms with Crippen LogP contribution in [0.2, 0.25) is 0 Å².